The molecule has 0 heterocycles. The van der Waals surface area contributed by atoms with E-state index in [9.17, 15) is 19.7 Å². The quantitative estimate of drug-likeness (QED) is 0.422. The number of nitro benzene ring substituents is 1. The van der Waals surface area contributed by atoms with Crippen LogP contribution in [0.4, 0.5) is 11.4 Å². The maximum atomic E-state index is 12.5. The second kappa shape index (κ2) is 9.10. The Balaban J connectivity index is 2.11. The van der Waals surface area contributed by atoms with Crippen molar-refractivity contribution >= 4 is 23.3 Å². The largest absolute Gasteiger partial charge is 0.452 e. The lowest BCUT2D eigenvalue weighted by atomic mass is 10.2. The van der Waals surface area contributed by atoms with Crippen LogP contribution in [0.3, 0.4) is 0 Å². The molecular weight excluding hydrogens is 350 g/mol. The second-order valence-corrected chi connectivity index (χ2v) is 5.64. The summed E-state index contributed by atoms with van der Waals surface area (Å²) in [6.07, 6.45) is 0.109. The van der Waals surface area contributed by atoms with Crippen LogP contribution in [0.5, 0.6) is 0 Å². The SMILES string of the molecule is Cc1ccc(N(CCC#N)C(=O)COC(=O)c2ccccc2[N+](=O)[O-])cc1. The fourth-order valence-corrected chi connectivity index (χ4v) is 2.37. The van der Waals surface area contributed by atoms with Gasteiger partial charge in [-0.3, -0.25) is 14.9 Å². The van der Waals surface area contributed by atoms with E-state index >= 15 is 0 Å². The van der Waals surface area contributed by atoms with E-state index in [0.717, 1.165) is 5.56 Å². The Bertz CT molecular complexity index is 887. The Labute approximate surface area is 155 Å². The van der Waals surface area contributed by atoms with Gasteiger partial charge in [-0.25, -0.2) is 4.79 Å². The molecule has 0 radical (unpaired) electrons. The molecule has 0 unspecified atom stereocenters. The number of hydrogen-bond acceptors (Lipinski definition) is 6. The normalized spacial score (nSPS) is 9.93. The molecule has 0 N–H and O–H groups in total. The van der Waals surface area contributed by atoms with Crippen molar-refractivity contribution in [2.24, 2.45) is 0 Å². The summed E-state index contributed by atoms with van der Waals surface area (Å²) in [5.74, 6) is -1.49. The molecule has 0 aromatic heterocycles. The molecule has 0 aliphatic heterocycles. The highest BCUT2D eigenvalue weighted by Crippen LogP contribution is 2.19. The van der Waals surface area contributed by atoms with E-state index in [2.05, 4.69) is 0 Å². The number of nitriles is 1. The van der Waals surface area contributed by atoms with Gasteiger partial charge < -0.3 is 9.64 Å². The number of para-hydroxylation sites is 1. The van der Waals surface area contributed by atoms with Crippen LogP contribution in [0, 0.1) is 28.4 Å². The van der Waals surface area contributed by atoms with Crippen molar-refractivity contribution < 1.29 is 19.2 Å². The van der Waals surface area contributed by atoms with Crippen molar-refractivity contribution in [1.82, 2.24) is 0 Å². The summed E-state index contributed by atoms with van der Waals surface area (Å²) in [5, 5.41) is 19.8. The minimum absolute atomic E-state index is 0.109. The van der Waals surface area contributed by atoms with Gasteiger partial charge in [0, 0.05) is 18.3 Å². The van der Waals surface area contributed by atoms with Crippen LogP contribution in [0.15, 0.2) is 48.5 Å². The smallest absolute Gasteiger partial charge is 0.345 e. The number of ether oxygens (including phenoxy) is 1. The number of benzene rings is 2. The molecule has 8 heteroatoms. The first-order valence-electron chi connectivity index (χ1n) is 8.08. The molecule has 0 spiro atoms. The summed E-state index contributed by atoms with van der Waals surface area (Å²) in [5.41, 5.74) is 0.959. The zero-order chi connectivity index (χ0) is 19.8. The Kier molecular flexibility index (Phi) is 6.61. The molecule has 2 aromatic rings. The van der Waals surface area contributed by atoms with Crippen LogP contribution in [0.2, 0.25) is 0 Å². The third-order valence-electron chi connectivity index (χ3n) is 3.74. The molecule has 0 saturated carbocycles. The molecule has 138 valence electrons. The molecule has 2 rings (SSSR count). The number of anilines is 1. The van der Waals surface area contributed by atoms with Gasteiger partial charge >= 0.3 is 5.97 Å². The molecule has 0 aliphatic carbocycles. The summed E-state index contributed by atoms with van der Waals surface area (Å²) in [6.45, 7) is 1.45. The third kappa shape index (κ3) is 5.12. The van der Waals surface area contributed by atoms with Crippen molar-refractivity contribution in [2.45, 2.75) is 13.3 Å². The van der Waals surface area contributed by atoms with Gasteiger partial charge in [-0.1, -0.05) is 29.8 Å². The van der Waals surface area contributed by atoms with Crippen LogP contribution in [-0.4, -0.2) is 30.0 Å². The molecule has 0 saturated heterocycles. The summed E-state index contributed by atoms with van der Waals surface area (Å²) in [6, 6.07) is 14.4. The molecule has 8 nitrogen and oxygen atoms in total. The number of amides is 1. The van der Waals surface area contributed by atoms with Gasteiger partial charge in [0.05, 0.1) is 17.4 Å². The minimum Gasteiger partial charge on any atom is -0.452 e. The number of carbonyl (C=O) groups excluding carboxylic acids is 2. The molecular formula is C19H17N3O5. The predicted octanol–water partition coefficient (Wildman–Crippen LogP) is 3.01. The molecule has 0 fully saturated rings. The number of nitrogens with zero attached hydrogens (tertiary/aromatic N) is 3. The van der Waals surface area contributed by atoms with Gasteiger partial charge in [-0.2, -0.15) is 5.26 Å². The van der Waals surface area contributed by atoms with E-state index < -0.39 is 29.1 Å². The zero-order valence-electron chi connectivity index (χ0n) is 14.6. The molecule has 0 bridgehead atoms. The summed E-state index contributed by atoms with van der Waals surface area (Å²) in [4.78, 5) is 36.3. The number of rotatable bonds is 7. The lowest BCUT2D eigenvalue weighted by molar-refractivity contribution is -0.385. The number of aryl methyl sites for hydroxylation is 1. The predicted molar refractivity (Wildman–Crippen MR) is 97.1 cm³/mol. The maximum absolute atomic E-state index is 12.5. The van der Waals surface area contributed by atoms with Crippen molar-refractivity contribution in [3.05, 3.63) is 69.8 Å². The van der Waals surface area contributed by atoms with Gasteiger partial charge in [0.2, 0.25) is 0 Å². The van der Waals surface area contributed by atoms with E-state index in [1.54, 1.807) is 12.1 Å². The summed E-state index contributed by atoms with van der Waals surface area (Å²) in [7, 11) is 0. The Morgan fingerprint density at radius 3 is 2.48 bits per heavy atom. The van der Waals surface area contributed by atoms with Gasteiger partial charge in [-0.05, 0) is 25.1 Å². The van der Waals surface area contributed by atoms with Gasteiger partial charge in [0.25, 0.3) is 11.6 Å². The fraction of sp³-hybridized carbons (Fsp3) is 0.211. The van der Waals surface area contributed by atoms with Gasteiger partial charge in [0.1, 0.15) is 5.56 Å². The summed E-state index contributed by atoms with van der Waals surface area (Å²) < 4.78 is 4.97. The molecule has 0 atom stereocenters. The van der Waals surface area contributed by atoms with Crippen LogP contribution < -0.4 is 4.90 Å². The Morgan fingerprint density at radius 1 is 1.19 bits per heavy atom. The number of esters is 1. The Hall–Kier alpha value is -3.73. The minimum atomic E-state index is -0.959. The molecule has 1 amide bonds. The van der Waals surface area contributed by atoms with Crippen LogP contribution in [0.25, 0.3) is 0 Å². The number of hydrogen-bond donors (Lipinski definition) is 0. The first-order chi connectivity index (χ1) is 12.9. The van der Waals surface area contributed by atoms with Gasteiger partial charge in [-0.15, -0.1) is 0 Å². The second-order valence-electron chi connectivity index (χ2n) is 5.64. The molecule has 2 aromatic carbocycles. The van der Waals surface area contributed by atoms with E-state index in [-0.39, 0.29) is 18.5 Å². The van der Waals surface area contributed by atoms with Crippen LogP contribution in [-0.2, 0) is 9.53 Å². The van der Waals surface area contributed by atoms with Crippen molar-refractivity contribution in [3.63, 3.8) is 0 Å². The molecule has 27 heavy (non-hydrogen) atoms. The number of nitro groups is 1. The maximum Gasteiger partial charge on any atom is 0.345 e. The first-order valence-corrected chi connectivity index (χ1v) is 8.08. The first kappa shape index (κ1) is 19.6. The average molecular weight is 367 g/mol. The number of carbonyl (C=O) groups is 2. The standard InChI is InChI=1S/C19H17N3O5/c1-14-7-9-15(10-8-14)21(12-4-11-20)18(23)13-27-19(24)16-5-2-3-6-17(16)22(25)26/h2-3,5-10H,4,12-13H2,1H3. The van der Waals surface area contributed by atoms with Crippen molar-refractivity contribution in [1.29, 1.82) is 5.26 Å². The summed E-state index contributed by atoms with van der Waals surface area (Å²) >= 11 is 0. The highest BCUT2D eigenvalue weighted by atomic mass is 16.6. The highest BCUT2D eigenvalue weighted by Gasteiger charge is 2.23. The van der Waals surface area contributed by atoms with Crippen molar-refractivity contribution in [2.75, 3.05) is 18.1 Å². The zero-order valence-corrected chi connectivity index (χ0v) is 14.6. The van der Waals surface area contributed by atoms with E-state index in [0.29, 0.717) is 5.69 Å². The average Bonchev–Trinajstić information content (AvgIpc) is 2.67. The van der Waals surface area contributed by atoms with Crippen LogP contribution >= 0.6 is 0 Å². The monoisotopic (exact) mass is 367 g/mol. The van der Waals surface area contributed by atoms with E-state index in [1.807, 2.05) is 25.1 Å². The molecule has 0 aliphatic rings. The Morgan fingerprint density at radius 2 is 1.85 bits per heavy atom. The van der Waals surface area contributed by atoms with Crippen LogP contribution in [0.1, 0.15) is 22.3 Å². The highest BCUT2D eigenvalue weighted by molar-refractivity contribution is 5.98. The van der Waals surface area contributed by atoms with Crippen molar-refractivity contribution in [3.8, 4) is 6.07 Å². The lowest BCUT2D eigenvalue weighted by Gasteiger charge is -2.21. The van der Waals surface area contributed by atoms with E-state index in [4.69, 9.17) is 10.00 Å². The van der Waals surface area contributed by atoms with E-state index in [1.165, 1.54) is 29.2 Å². The third-order valence-corrected chi connectivity index (χ3v) is 3.74. The fourth-order valence-electron chi connectivity index (χ4n) is 2.37. The van der Waals surface area contributed by atoms with Gasteiger partial charge in [0.15, 0.2) is 6.61 Å². The lowest BCUT2D eigenvalue weighted by Crippen LogP contribution is -2.35. The topological polar surface area (TPSA) is 114 Å².